The van der Waals surface area contributed by atoms with Crippen molar-refractivity contribution in [1.82, 2.24) is 0 Å². The fraction of sp³-hybridized carbons (Fsp3) is 0.333. The predicted octanol–water partition coefficient (Wildman–Crippen LogP) is 3.29. The molecule has 62 valence electrons. The van der Waals surface area contributed by atoms with Crippen molar-refractivity contribution in [3.63, 3.8) is 0 Å². The highest BCUT2D eigenvalue weighted by Gasteiger charge is 2.19. The molecule has 0 spiro atoms. The molecule has 0 heteroatoms. The largest absolute Gasteiger partial charge is 0.103 e. The van der Waals surface area contributed by atoms with Crippen LogP contribution in [0.25, 0.3) is 0 Å². The summed E-state index contributed by atoms with van der Waals surface area (Å²) >= 11 is 0. The van der Waals surface area contributed by atoms with Crippen LogP contribution in [-0.2, 0) is 6.42 Å². The van der Waals surface area contributed by atoms with Gasteiger partial charge in [-0.15, -0.1) is 6.58 Å². The third-order valence-electron chi connectivity index (χ3n) is 2.71. The van der Waals surface area contributed by atoms with Gasteiger partial charge in [-0.25, -0.2) is 0 Å². The van der Waals surface area contributed by atoms with Crippen LogP contribution in [0.1, 0.15) is 29.9 Å². The highest BCUT2D eigenvalue weighted by molar-refractivity contribution is 5.35. The average molecular weight is 158 g/mol. The van der Waals surface area contributed by atoms with Crippen LogP contribution in [-0.4, -0.2) is 0 Å². The van der Waals surface area contributed by atoms with E-state index >= 15 is 0 Å². The highest BCUT2D eigenvalue weighted by Crippen LogP contribution is 2.35. The normalized spacial score (nSPS) is 20.5. The summed E-state index contributed by atoms with van der Waals surface area (Å²) in [5.74, 6) is 0.749. The van der Waals surface area contributed by atoms with Gasteiger partial charge in [-0.3, -0.25) is 0 Å². The standard InChI is InChI=1S/C12H14/c1-2-5-10-8-9-11-6-3-4-7-12(10)11/h2-4,6-7,10H,1,5,8-9H2. The molecule has 0 aromatic heterocycles. The van der Waals surface area contributed by atoms with E-state index in [0.717, 1.165) is 12.3 Å². The van der Waals surface area contributed by atoms with Crippen molar-refractivity contribution >= 4 is 0 Å². The van der Waals surface area contributed by atoms with Gasteiger partial charge in [0.2, 0.25) is 0 Å². The first kappa shape index (κ1) is 7.60. The molecule has 0 amide bonds. The second kappa shape index (κ2) is 3.14. The van der Waals surface area contributed by atoms with Gasteiger partial charge >= 0.3 is 0 Å². The molecule has 0 heterocycles. The number of fused-ring (bicyclic) bond motifs is 1. The van der Waals surface area contributed by atoms with Gasteiger partial charge in [0.1, 0.15) is 0 Å². The molecule has 0 aliphatic heterocycles. The molecule has 0 saturated heterocycles. The van der Waals surface area contributed by atoms with Crippen LogP contribution in [0.5, 0.6) is 0 Å². The lowest BCUT2D eigenvalue weighted by atomic mass is 9.98. The molecule has 12 heavy (non-hydrogen) atoms. The Bertz CT molecular complexity index is 286. The van der Waals surface area contributed by atoms with Crippen LogP contribution in [0.2, 0.25) is 0 Å². The Kier molecular flexibility index (Phi) is 1.99. The fourth-order valence-electron chi connectivity index (χ4n) is 2.09. The van der Waals surface area contributed by atoms with E-state index in [1.165, 1.54) is 12.8 Å². The van der Waals surface area contributed by atoms with E-state index in [-0.39, 0.29) is 0 Å². The van der Waals surface area contributed by atoms with E-state index in [1.54, 1.807) is 11.1 Å². The van der Waals surface area contributed by atoms with E-state index in [0.29, 0.717) is 0 Å². The zero-order valence-electron chi connectivity index (χ0n) is 7.29. The summed E-state index contributed by atoms with van der Waals surface area (Å²) in [6, 6.07) is 8.78. The Hall–Kier alpha value is -1.04. The van der Waals surface area contributed by atoms with Gasteiger partial charge in [-0.1, -0.05) is 30.3 Å². The summed E-state index contributed by atoms with van der Waals surface area (Å²) < 4.78 is 0. The third-order valence-corrected chi connectivity index (χ3v) is 2.71. The van der Waals surface area contributed by atoms with Gasteiger partial charge < -0.3 is 0 Å². The lowest BCUT2D eigenvalue weighted by molar-refractivity contribution is 0.690. The van der Waals surface area contributed by atoms with Crippen LogP contribution in [0.3, 0.4) is 0 Å². The number of aryl methyl sites for hydroxylation is 1. The summed E-state index contributed by atoms with van der Waals surface area (Å²) in [4.78, 5) is 0. The minimum atomic E-state index is 0.749. The van der Waals surface area contributed by atoms with Gasteiger partial charge in [-0.2, -0.15) is 0 Å². The molecule has 2 rings (SSSR count). The zero-order valence-corrected chi connectivity index (χ0v) is 7.29. The monoisotopic (exact) mass is 158 g/mol. The molecule has 1 aliphatic carbocycles. The number of allylic oxidation sites excluding steroid dienone is 1. The number of hydrogen-bond acceptors (Lipinski definition) is 0. The molecule has 1 aromatic carbocycles. The molecule has 0 radical (unpaired) electrons. The van der Waals surface area contributed by atoms with Crippen molar-refractivity contribution in [2.24, 2.45) is 0 Å². The summed E-state index contributed by atoms with van der Waals surface area (Å²) in [7, 11) is 0. The molecule has 1 aliphatic rings. The maximum Gasteiger partial charge on any atom is -0.0122 e. The van der Waals surface area contributed by atoms with E-state index < -0.39 is 0 Å². The Morgan fingerprint density at radius 1 is 1.42 bits per heavy atom. The second-order valence-electron chi connectivity index (χ2n) is 3.46. The topological polar surface area (TPSA) is 0 Å². The van der Waals surface area contributed by atoms with Gasteiger partial charge in [0.15, 0.2) is 0 Å². The van der Waals surface area contributed by atoms with Crippen LogP contribution >= 0.6 is 0 Å². The molecule has 0 nitrogen and oxygen atoms in total. The molecule has 0 saturated carbocycles. The van der Waals surface area contributed by atoms with Crippen molar-refractivity contribution < 1.29 is 0 Å². The molecule has 1 atom stereocenters. The number of rotatable bonds is 2. The summed E-state index contributed by atoms with van der Waals surface area (Å²) in [6.45, 7) is 3.80. The van der Waals surface area contributed by atoms with Gasteiger partial charge in [-0.05, 0) is 36.3 Å². The van der Waals surface area contributed by atoms with Gasteiger partial charge in [0.25, 0.3) is 0 Å². The smallest absolute Gasteiger partial charge is 0.0122 e. The number of hydrogen-bond donors (Lipinski definition) is 0. The van der Waals surface area contributed by atoms with Crippen molar-refractivity contribution in [1.29, 1.82) is 0 Å². The Balaban J connectivity index is 2.29. The first-order chi connectivity index (χ1) is 5.92. The van der Waals surface area contributed by atoms with Gasteiger partial charge in [0, 0.05) is 0 Å². The molecular formula is C12H14. The Morgan fingerprint density at radius 3 is 3.08 bits per heavy atom. The molecule has 0 fully saturated rings. The number of benzene rings is 1. The zero-order chi connectivity index (χ0) is 8.39. The van der Waals surface area contributed by atoms with Crippen molar-refractivity contribution in [3.8, 4) is 0 Å². The molecule has 1 aromatic rings. The average Bonchev–Trinajstić information content (AvgIpc) is 2.50. The highest BCUT2D eigenvalue weighted by atomic mass is 14.2. The van der Waals surface area contributed by atoms with Crippen molar-refractivity contribution in [2.75, 3.05) is 0 Å². The minimum absolute atomic E-state index is 0.749. The summed E-state index contributed by atoms with van der Waals surface area (Å²) in [5, 5.41) is 0. The predicted molar refractivity (Wildman–Crippen MR) is 52.3 cm³/mol. The maximum atomic E-state index is 3.80. The van der Waals surface area contributed by atoms with Crippen molar-refractivity contribution in [2.45, 2.75) is 25.2 Å². The quantitative estimate of drug-likeness (QED) is 0.579. The molecular weight excluding hydrogens is 144 g/mol. The minimum Gasteiger partial charge on any atom is -0.103 e. The van der Waals surface area contributed by atoms with E-state index in [9.17, 15) is 0 Å². The Morgan fingerprint density at radius 2 is 2.25 bits per heavy atom. The molecule has 1 unspecified atom stereocenters. The Labute approximate surface area is 73.9 Å². The van der Waals surface area contributed by atoms with E-state index in [1.807, 2.05) is 6.08 Å². The SMILES string of the molecule is C=CCC1CCc2ccccc21. The first-order valence-electron chi connectivity index (χ1n) is 4.60. The van der Waals surface area contributed by atoms with Crippen LogP contribution < -0.4 is 0 Å². The third kappa shape index (κ3) is 1.18. The fourth-order valence-corrected chi connectivity index (χ4v) is 2.09. The second-order valence-corrected chi connectivity index (χ2v) is 3.46. The lowest BCUT2D eigenvalue weighted by Crippen LogP contribution is -1.89. The molecule has 0 N–H and O–H groups in total. The van der Waals surface area contributed by atoms with Crippen LogP contribution in [0.15, 0.2) is 36.9 Å². The molecule has 0 bridgehead atoms. The van der Waals surface area contributed by atoms with E-state index in [2.05, 4.69) is 30.8 Å². The summed E-state index contributed by atoms with van der Waals surface area (Å²) in [5.41, 5.74) is 3.10. The first-order valence-corrected chi connectivity index (χ1v) is 4.60. The summed E-state index contributed by atoms with van der Waals surface area (Å²) in [6.07, 6.45) is 5.74. The van der Waals surface area contributed by atoms with Crippen LogP contribution in [0, 0.1) is 0 Å². The maximum absolute atomic E-state index is 3.80. The lowest BCUT2D eigenvalue weighted by Gasteiger charge is -2.07. The van der Waals surface area contributed by atoms with Crippen LogP contribution in [0.4, 0.5) is 0 Å². The van der Waals surface area contributed by atoms with Gasteiger partial charge in [0.05, 0.1) is 0 Å². The van der Waals surface area contributed by atoms with Crippen molar-refractivity contribution in [3.05, 3.63) is 48.0 Å². The van der Waals surface area contributed by atoms with E-state index in [4.69, 9.17) is 0 Å².